The summed E-state index contributed by atoms with van der Waals surface area (Å²) in [4.78, 5) is 0. The van der Waals surface area contributed by atoms with Gasteiger partial charge in [0.15, 0.2) is 0 Å². The first-order valence-electron chi connectivity index (χ1n) is 5.27. The average molecular weight is 235 g/mol. The molecule has 0 aliphatic rings. The molecule has 1 aromatic heterocycles. The van der Waals surface area contributed by atoms with Crippen molar-refractivity contribution in [2.75, 3.05) is 5.32 Å². The molecule has 1 heterocycles. The van der Waals surface area contributed by atoms with Gasteiger partial charge >= 0.3 is 0 Å². The van der Waals surface area contributed by atoms with E-state index in [0.29, 0.717) is 0 Å². The third-order valence-electron chi connectivity index (χ3n) is 2.70. The van der Waals surface area contributed by atoms with Gasteiger partial charge in [-0.2, -0.15) is 0 Å². The number of rotatable bonds is 3. The first kappa shape index (κ1) is 11.1. The number of aromatic nitrogens is 1. The van der Waals surface area contributed by atoms with E-state index in [9.17, 15) is 0 Å². The van der Waals surface area contributed by atoms with Crippen molar-refractivity contribution < 1.29 is 0 Å². The molecule has 0 saturated heterocycles. The molecule has 0 unspecified atom stereocenters. The van der Waals surface area contributed by atoms with Gasteiger partial charge in [-0.25, -0.2) is 0 Å². The van der Waals surface area contributed by atoms with Crippen molar-refractivity contribution in [3.8, 4) is 0 Å². The van der Waals surface area contributed by atoms with Crippen LogP contribution in [-0.4, -0.2) is 4.57 Å². The minimum Gasteiger partial charge on any atom is -0.379 e. The van der Waals surface area contributed by atoms with Gasteiger partial charge in [0, 0.05) is 29.6 Å². The van der Waals surface area contributed by atoms with E-state index in [1.807, 2.05) is 37.5 Å². The lowest BCUT2D eigenvalue weighted by molar-refractivity contribution is 0.842. The molecular weight excluding hydrogens is 220 g/mol. The highest BCUT2D eigenvalue weighted by atomic mass is 35.5. The quantitative estimate of drug-likeness (QED) is 0.859. The number of hydrogen-bond acceptors (Lipinski definition) is 1. The van der Waals surface area contributed by atoms with Crippen LogP contribution >= 0.6 is 11.6 Å². The fourth-order valence-corrected chi connectivity index (χ4v) is 1.92. The lowest BCUT2D eigenvalue weighted by atomic mass is 10.2. The van der Waals surface area contributed by atoms with Gasteiger partial charge in [0.1, 0.15) is 0 Å². The van der Waals surface area contributed by atoms with Gasteiger partial charge in [0.05, 0.1) is 6.54 Å². The van der Waals surface area contributed by atoms with Crippen LogP contribution in [0.4, 0.5) is 5.69 Å². The number of nitrogens with one attached hydrogen (secondary N) is 1. The summed E-state index contributed by atoms with van der Waals surface area (Å²) < 4.78 is 2.11. The SMILES string of the molecule is Cc1cc(Cl)ccc1NCc1cccn1C. The van der Waals surface area contributed by atoms with E-state index in [-0.39, 0.29) is 0 Å². The molecule has 0 fully saturated rings. The van der Waals surface area contributed by atoms with Gasteiger partial charge in [-0.1, -0.05) is 11.6 Å². The maximum atomic E-state index is 5.91. The Morgan fingerprint density at radius 2 is 2.12 bits per heavy atom. The van der Waals surface area contributed by atoms with E-state index in [2.05, 4.69) is 22.9 Å². The van der Waals surface area contributed by atoms with E-state index >= 15 is 0 Å². The van der Waals surface area contributed by atoms with Gasteiger partial charge in [0.25, 0.3) is 0 Å². The topological polar surface area (TPSA) is 17.0 Å². The van der Waals surface area contributed by atoms with Crippen molar-refractivity contribution in [1.29, 1.82) is 0 Å². The predicted octanol–water partition coefficient (Wildman–Crippen LogP) is 3.60. The molecule has 0 radical (unpaired) electrons. The maximum Gasteiger partial charge on any atom is 0.0553 e. The van der Waals surface area contributed by atoms with Crippen molar-refractivity contribution in [2.24, 2.45) is 7.05 Å². The lowest BCUT2D eigenvalue weighted by Gasteiger charge is -2.10. The second-order valence-corrected chi connectivity index (χ2v) is 4.36. The van der Waals surface area contributed by atoms with Crippen LogP contribution in [0.2, 0.25) is 5.02 Å². The summed E-state index contributed by atoms with van der Waals surface area (Å²) >= 11 is 5.91. The van der Waals surface area contributed by atoms with Crippen molar-refractivity contribution in [2.45, 2.75) is 13.5 Å². The van der Waals surface area contributed by atoms with Crippen LogP contribution < -0.4 is 5.32 Å². The highest BCUT2D eigenvalue weighted by Gasteiger charge is 2.00. The molecule has 16 heavy (non-hydrogen) atoms. The Morgan fingerprint density at radius 1 is 1.31 bits per heavy atom. The third kappa shape index (κ3) is 2.39. The van der Waals surface area contributed by atoms with E-state index in [4.69, 9.17) is 11.6 Å². The Labute approximate surface area is 101 Å². The van der Waals surface area contributed by atoms with Crippen LogP contribution in [0.15, 0.2) is 36.5 Å². The summed E-state index contributed by atoms with van der Waals surface area (Å²) in [6.45, 7) is 2.88. The van der Waals surface area contributed by atoms with Gasteiger partial charge in [-0.05, 0) is 42.8 Å². The first-order valence-corrected chi connectivity index (χ1v) is 5.65. The van der Waals surface area contributed by atoms with Crippen LogP contribution in [-0.2, 0) is 13.6 Å². The highest BCUT2D eigenvalue weighted by molar-refractivity contribution is 6.30. The summed E-state index contributed by atoms with van der Waals surface area (Å²) in [7, 11) is 2.05. The zero-order chi connectivity index (χ0) is 11.5. The highest BCUT2D eigenvalue weighted by Crippen LogP contribution is 2.20. The second kappa shape index (κ2) is 4.62. The Kier molecular flexibility index (Phi) is 3.20. The molecule has 2 nitrogen and oxygen atoms in total. The van der Waals surface area contributed by atoms with E-state index in [0.717, 1.165) is 17.3 Å². The molecule has 1 aromatic carbocycles. The molecule has 0 bridgehead atoms. The Bertz CT molecular complexity index is 488. The molecule has 1 N–H and O–H groups in total. The van der Waals surface area contributed by atoms with Gasteiger partial charge < -0.3 is 9.88 Å². The number of hydrogen-bond donors (Lipinski definition) is 1. The number of benzene rings is 1. The summed E-state index contributed by atoms with van der Waals surface area (Å²) in [5.74, 6) is 0. The molecule has 0 saturated carbocycles. The van der Waals surface area contributed by atoms with Crippen LogP contribution in [0.3, 0.4) is 0 Å². The minimum atomic E-state index is 0.780. The fraction of sp³-hybridized carbons (Fsp3) is 0.231. The Balaban J connectivity index is 2.08. The Morgan fingerprint density at radius 3 is 2.75 bits per heavy atom. The fourth-order valence-electron chi connectivity index (χ4n) is 1.69. The summed E-state index contributed by atoms with van der Waals surface area (Å²) in [6, 6.07) is 10.0. The lowest BCUT2D eigenvalue weighted by Crippen LogP contribution is -2.04. The number of anilines is 1. The van der Waals surface area contributed by atoms with E-state index in [1.54, 1.807) is 0 Å². The molecular formula is C13H15ClN2. The largest absolute Gasteiger partial charge is 0.379 e. The summed E-state index contributed by atoms with van der Waals surface area (Å²) in [6.07, 6.45) is 2.05. The van der Waals surface area contributed by atoms with Crippen LogP contribution in [0.5, 0.6) is 0 Å². The second-order valence-electron chi connectivity index (χ2n) is 3.92. The molecule has 0 aliphatic heterocycles. The number of halogens is 1. The van der Waals surface area contributed by atoms with Crippen molar-refractivity contribution in [3.63, 3.8) is 0 Å². The summed E-state index contributed by atoms with van der Waals surface area (Å²) in [5.41, 5.74) is 3.56. The standard InChI is InChI=1S/C13H15ClN2/c1-10-8-11(14)5-6-13(10)15-9-12-4-3-7-16(12)2/h3-8,15H,9H2,1-2H3. The van der Waals surface area contributed by atoms with Crippen LogP contribution in [0.1, 0.15) is 11.3 Å². The molecule has 2 aromatic rings. The van der Waals surface area contributed by atoms with Gasteiger partial charge in [-0.15, -0.1) is 0 Å². The van der Waals surface area contributed by atoms with Gasteiger partial charge in [-0.3, -0.25) is 0 Å². The molecule has 3 heteroatoms. The summed E-state index contributed by atoms with van der Waals surface area (Å²) in [5, 5.41) is 4.18. The van der Waals surface area contributed by atoms with Crippen LogP contribution in [0.25, 0.3) is 0 Å². The molecule has 0 aliphatic carbocycles. The minimum absolute atomic E-state index is 0.780. The Hall–Kier alpha value is -1.41. The van der Waals surface area contributed by atoms with E-state index in [1.165, 1.54) is 11.3 Å². The zero-order valence-corrected chi connectivity index (χ0v) is 10.3. The number of nitrogens with zero attached hydrogens (tertiary/aromatic N) is 1. The zero-order valence-electron chi connectivity index (χ0n) is 9.50. The van der Waals surface area contributed by atoms with Gasteiger partial charge in [0.2, 0.25) is 0 Å². The van der Waals surface area contributed by atoms with E-state index < -0.39 is 0 Å². The first-order chi connectivity index (χ1) is 7.66. The smallest absolute Gasteiger partial charge is 0.0553 e. The van der Waals surface area contributed by atoms with Crippen molar-refractivity contribution >= 4 is 17.3 Å². The molecule has 0 amide bonds. The average Bonchev–Trinajstić information content (AvgIpc) is 2.63. The normalized spacial score (nSPS) is 10.4. The van der Waals surface area contributed by atoms with Crippen LogP contribution in [0, 0.1) is 6.92 Å². The predicted molar refractivity (Wildman–Crippen MR) is 68.9 cm³/mol. The third-order valence-corrected chi connectivity index (χ3v) is 2.93. The molecule has 0 atom stereocenters. The van der Waals surface area contributed by atoms with Crippen molar-refractivity contribution in [1.82, 2.24) is 4.57 Å². The molecule has 2 rings (SSSR count). The van der Waals surface area contributed by atoms with Crippen molar-refractivity contribution in [3.05, 3.63) is 52.8 Å². The monoisotopic (exact) mass is 234 g/mol. The maximum absolute atomic E-state index is 5.91. The molecule has 0 spiro atoms. The number of aryl methyl sites for hydroxylation is 2. The molecule has 84 valence electrons.